The number of anilines is 1. The number of nitrogens with one attached hydrogen (secondary N) is 1. The summed E-state index contributed by atoms with van der Waals surface area (Å²) in [6.45, 7) is 2.94. The van der Waals surface area contributed by atoms with Crippen molar-refractivity contribution in [1.82, 2.24) is 25.1 Å². The second-order valence-electron chi connectivity index (χ2n) is 6.48. The minimum Gasteiger partial charge on any atom is -0.338 e. The average Bonchev–Trinajstić information content (AvgIpc) is 2.88. The van der Waals surface area contributed by atoms with Crippen LogP contribution < -0.4 is 10.2 Å². The molecule has 0 bridgehead atoms. The second kappa shape index (κ2) is 7.54. The van der Waals surface area contributed by atoms with Gasteiger partial charge in [0.1, 0.15) is 15.9 Å². The van der Waals surface area contributed by atoms with E-state index in [4.69, 9.17) is 0 Å². The van der Waals surface area contributed by atoms with E-state index in [1.807, 2.05) is 4.90 Å². The minimum absolute atomic E-state index is 0.0963. The van der Waals surface area contributed by atoms with Crippen LogP contribution in [0, 0.1) is 0 Å². The first-order valence-corrected chi connectivity index (χ1v) is 10.4. The van der Waals surface area contributed by atoms with E-state index in [1.54, 1.807) is 18.5 Å². The fraction of sp³-hybridized carbons (Fsp3) is 0.600. The molecule has 3 heterocycles. The predicted octanol–water partition coefficient (Wildman–Crippen LogP) is -1.09. The fourth-order valence-corrected chi connectivity index (χ4v) is 3.65. The summed E-state index contributed by atoms with van der Waals surface area (Å²) in [5, 5.41) is 2.57. The number of amides is 3. The molecule has 2 fully saturated rings. The maximum absolute atomic E-state index is 12.4. The van der Waals surface area contributed by atoms with Crippen molar-refractivity contribution >= 4 is 27.7 Å². The van der Waals surface area contributed by atoms with Gasteiger partial charge in [-0.1, -0.05) is 0 Å². The average molecular weight is 382 g/mol. The van der Waals surface area contributed by atoms with Gasteiger partial charge in [0.25, 0.3) is 5.91 Å². The molecule has 1 N–H and O–H groups in total. The number of hydrogen-bond donors (Lipinski definition) is 1. The monoisotopic (exact) mass is 382 g/mol. The largest absolute Gasteiger partial charge is 0.338 e. The number of imide groups is 1. The zero-order chi connectivity index (χ0) is 18.7. The van der Waals surface area contributed by atoms with E-state index in [0.717, 1.165) is 11.2 Å². The highest BCUT2D eigenvalue weighted by atomic mass is 32.2. The van der Waals surface area contributed by atoms with Crippen LogP contribution in [0.3, 0.4) is 0 Å². The Balaban J connectivity index is 1.52. The Hall–Kier alpha value is -2.27. The van der Waals surface area contributed by atoms with Gasteiger partial charge in [-0.05, 0) is 12.5 Å². The van der Waals surface area contributed by atoms with Gasteiger partial charge in [-0.25, -0.2) is 28.1 Å². The van der Waals surface area contributed by atoms with Crippen LogP contribution in [-0.4, -0.2) is 91.0 Å². The summed E-state index contributed by atoms with van der Waals surface area (Å²) in [6, 6.07) is 0.524. The van der Waals surface area contributed by atoms with Crippen molar-refractivity contribution < 1.29 is 18.0 Å². The first-order valence-electron chi connectivity index (χ1n) is 8.37. The van der Waals surface area contributed by atoms with E-state index >= 15 is 0 Å². The van der Waals surface area contributed by atoms with Crippen molar-refractivity contribution in [2.75, 3.05) is 49.8 Å². The highest BCUT2D eigenvalue weighted by molar-refractivity contribution is 7.90. The molecule has 1 aromatic heterocycles. The quantitative estimate of drug-likeness (QED) is 0.617. The SMILES string of the molecule is CS(=O)(=O)CCC1NC(=O)N(CN2CCN(c3ncccn3)CC2)C1=O. The Kier molecular flexibility index (Phi) is 5.37. The Labute approximate surface area is 152 Å². The van der Waals surface area contributed by atoms with Crippen LogP contribution in [0.25, 0.3) is 0 Å². The van der Waals surface area contributed by atoms with E-state index in [2.05, 4.69) is 20.2 Å². The Morgan fingerprint density at radius 2 is 1.81 bits per heavy atom. The highest BCUT2D eigenvalue weighted by Crippen LogP contribution is 2.14. The third kappa shape index (κ3) is 4.47. The van der Waals surface area contributed by atoms with Crippen LogP contribution in [0.1, 0.15) is 6.42 Å². The van der Waals surface area contributed by atoms with Crippen LogP contribution in [0.15, 0.2) is 18.5 Å². The molecule has 0 aromatic carbocycles. The molecule has 142 valence electrons. The van der Waals surface area contributed by atoms with Gasteiger partial charge in [-0.2, -0.15) is 0 Å². The summed E-state index contributed by atoms with van der Waals surface area (Å²) >= 11 is 0. The van der Waals surface area contributed by atoms with Gasteiger partial charge in [-0.3, -0.25) is 9.69 Å². The number of carbonyl (C=O) groups excluding carboxylic acids is 2. The molecule has 2 aliphatic heterocycles. The highest BCUT2D eigenvalue weighted by Gasteiger charge is 2.39. The zero-order valence-corrected chi connectivity index (χ0v) is 15.4. The molecule has 10 nitrogen and oxygen atoms in total. The maximum atomic E-state index is 12.4. The summed E-state index contributed by atoms with van der Waals surface area (Å²) in [6.07, 6.45) is 4.60. The molecule has 3 rings (SSSR count). The van der Waals surface area contributed by atoms with Gasteiger partial charge >= 0.3 is 6.03 Å². The molecule has 0 spiro atoms. The summed E-state index contributed by atoms with van der Waals surface area (Å²) in [5.74, 6) is 0.170. The molecule has 2 aliphatic rings. The van der Waals surface area contributed by atoms with Crippen molar-refractivity contribution in [3.8, 4) is 0 Å². The molecule has 0 saturated carbocycles. The number of aromatic nitrogens is 2. The lowest BCUT2D eigenvalue weighted by molar-refractivity contribution is -0.129. The number of hydrogen-bond acceptors (Lipinski definition) is 8. The molecule has 2 saturated heterocycles. The molecule has 1 atom stereocenters. The maximum Gasteiger partial charge on any atom is 0.325 e. The topological polar surface area (TPSA) is 116 Å². The smallest absolute Gasteiger partial charge is 0.325 e. The van der Waals surface area contributed by atoms with Crippen LogP contribution in [0.5, 0.6) is 0 Å². The van der Waals surface area contributed by atoms with Gasteiger partial charge in [0.2, 0.25) is 5.95 Å². The van der Waals surface area contributed by atoms with E-state index in [0.29, 0.717) is 32.1 Å². The standard InChI is InChI=1S/C15H22N6O4S/c1-26(24,25)10-3-12-13(22)21(15(23)18-12)11-19-6-8-20(9-7-19)14-16-4-2-5-17-14/h2,4-5,12H,3,6-11H2,1H3,(H,18,23). The first kappa shape index (κ1) is 18.5. The van der Waals surface area contributed by atoms with Crippen LogP contribution in [-0.2, 0) is 14.6 Å². The second-order valence-corrected chi connectivity index (χ2v) is 8.74. The predicted molar refractivity (Wildman–Crippen MR) is 94.2 cm³/mol. The normalized spacial score (nSPS) is 22.0. The first-order chi connectivity index (χ1) is 12.3. The third-order valence-electron chi connectivity index (χ3n) is 4.43. The number of sulfone groups is 1. The van der Waals surface area contributed by atoms with E-state index in [-0.39, 0.29) is 24.7 Å². The molecular formula is C15H22N6O4S. The van der Waals surface area contributed by atoms with Crippen molar-refractivity contribution in [2.45, 2.75) is 12.5 Å². The molecule has 26 heavy (non-hydrogen) atoms. The van der Waals surface area contributed by atoms with Gasteiger partial charge in [-0.15, -0.1) is 0 Å². The van der Waals surface area contributed by atoms with Gasteiger partial charge in [0.15, 0.2) is 0 Å². The molecule has 11 heteroatoms. The lowest BCUT2D eigenvalue weighted by Crippen LogP contribution is -2.51. The minimum atomic E-state index is -3.18. The van der Waals surface area contributed by atoms with E-state index in [9.17, 15) is 18.0 Å². The van der Waals surface area contributed by atoms with Crippen LogP contribution >= 0.6 is 0 Å². The van der Waals surface area contributed by atoms with Crippen molar-refractivity contribution in [2.24, 2.45) is 0 Å². The summed E-state index contributed by atoms with van der Waals surface area (Å²) in [7, 11) is -3.18. The summed E-state index contributed by atoms with van der Waals surface area (Å²) in [4.78, 5) is 38.1. The molecule has 1 aromatic rings. The Morgan fingerprint density at radius 1 is 1.15 bits per heavy atom. The van der Waals surface area contributed by atoms with E-state index < -0.39 is 21.9 Å². The van der Waals surface area contributed by atoms with Crippen molar-refractivity contribution in [3.05, 3.63) is 18.5 Å². The number of urea groups is 1. The Morgan fingerprint density at radius 3 is 2.42 bits per heavy atom. The molecular weight excluding hydrogens is 360 g/mol. The van der Waals surface area contributed by atoms with Gasteiger partial charge in [0, 0.05) is 44.8 Å². The third-order valence-corrected chi connectivity index (χ3v) is 5.41. The van der Waals surface area contributed by atoms with Crippen molar-refractivity contribution in [3.63, 3.8) is 0 Å². The van der Waals surface area contributed by atoms with Crippen LogP contribution in [0.2, 0.25) is 0 Å². The molecule has 1 unspecified atom stereocenters. The number of rotatable bonds is 6. The van der Waals surface area contributed by atoms with Gasteiger partial charge in [0.05, 0.1) is 12.4 Å². The molecule has 3 amide bonds. The molecule has 0 aliphatic carbocycles. The lowest BCUT2D eigenvalue weighted by atomic mass is 10.2. The van der Waals surface area contributed by atoms with E-state index in [1.165, 1.54) is 0 Å². The summed E-state index contributed by atoms with van der Waals surface area (Å²) < 4.78 is 22.5. The zero-order valence-electron chi connectivity index (χ0n) is 14.5. The Bertz CT molecular complexity index is 764. The fourth-order valence-electron chi connectivity index (χ4n) is 2.98. The lowest BCUT2D eigenvalue weighted by Gasteiger charge is -2.35. The van der Waals surface area contributed by atoms with Crippen molar-refractivity contribution in [1.29, 1.82) is 0 Å². The summed E-state index contributed by atoms with van der Waals surface area (Å²) in [5.41, 5.74) is 0. The number of nitrogens with zero attached hydrogens (tertiary/aromatic N) is 5. The number of carbonyl (C=O) groups is 2. The van der Waals surface area contributed by atoms with Gasteiger partial charge < -0.3 is 10.2 Å². The van der Waals surface area contributed by atoms with Crippen LogP contribution in [0.4, 0.5) is 10.7 Å². The number of piperazine rings is 1. The molecule has 0 radical (unpaired) electrons.